The number of amides is 2. The molecule has 0 saturated carbocycles. The molecule has 2 aromatic rings. The number of carbonyl (C=O) groups is 2. The minimum atomic E-state index is -0.702. The maximum absolute atomic E-state index is 12.7. The van der Waals surface area contributed by atoms with Crippen LogP contribution in [0.25, 0.3) is 0 Å². The van der Waals surface area contributed by atoms with Crippen molar-refractivity contribution >= 4 is 17.5 Å². The number of para-hydroxylation sites is 1. The molecule has 0 bridgehead atoms. The van der Waals surface area contributed by atoms with E-state index in [0.29, 0.717) is 23.5 Å². The van der Waals surface area contributed by atoms with E-state index in [1.54, 1.807) is 31.2 Å². The molecule has 2 aromatic carbocycles. The van der Waals surface area contributed by atoms with Crippen LogP contribution in [0, 0.1) is 6.92 Å². The molecule has 7 nitrogen and oxygen atoms in total. The number of anilines is 1. The molecule has 1 aliphatic rings. The molecular formula is C24H31N3O4. The summed E-state index contributed by atoms with van der Waals surface area (Å²) in [5.41, 5.74) is 1.96. The first kappa shape index (κ1) is 22.8. The summed E-state index contributed by atoms with van der Waals surface area (Å²) in [7, 11) is 0. The third kappa shape index (κ3) is 7.08. The van der Waals surface area contributed by atoms with Crippen LogP contribution in [0.15, 0.2) is 48.5 Å². The van der Waals surface area contributed by atoms with Gasteiger partial charge in [0.25, 0.3) is 11.8 Å². The van der Waals surface area contributed by atoms with Gasteiger partial charge in [0.05, 0.1) is 24.5 Å². The molecular weight excluding hydrogens is 394 g/mol. The molecule has 166 valence electrons. The Bertz CT molecular complexity index is 881. The van der Waals surface area contributed by atoms with Crippen molar-refractivity contribution < 1.29 is 19.1 Å². The lowest BCUT2D eigenvalue weighted by atomic mass is 10.1. The lowest BCUT2D eigenvalue weighted by Crippen LogP contribution is -2.38. The lowest BCUT2D eigenvalue weighted by molar-refractivity contribution is -0.122. The smallest absolute Gasteiger partial charge is 0.265 e. The molecule has 0 spiro atoms. The molecule has 31 heavy (non-hydrogen) atoms. The van der Waals surface area contributed by atoms with E-state index in [4.69, 9.17) is 9.47 Å². The van der Waals surface area contributed by atoms with E-state index in [1.807, 2.05) is 31.2 Å². The molecule has 7 heteroatoms. The van der Waals surface area contributed by atoms with Gasteiger partial charge in [0.1, 0.15) is 5.75 Å². The van der Waals surface area contributed by atoms with Crippen molar-refractivity contribution in [1.29, 1.82) is 0 Å². The molecule has 1 aliphatic heterocycles. The maximum Gasteiger partial charge on any atom is 0.265 e. The molecule has 2 N–H and O–H groups in total. The minimum absolute atomic E-state index is 0.204. The van der Waals surface area contributed by atoms with E-state index < -0.39 is 6.10 Å². The van der Waals surface area contributed by atoms with Crippen molar-refractivity contribution in [2.75, 3.05) is 44.7 Å². The van der Waals surface area contributed by atoms with Gasteiger partial charge in [-0.1, -0.05) is 24.3 Å². The van der Waals surface area contributed by atoms with Crippen LogP contribution in [0.2, 0.25) is 0 Å². The molecule has 0 aliphatic carbocycles. The lowest BCUT2D eigenvalue weighted by Gasteiger charge is -2.26. The molecule has 3 rings (SSSR count). The molecule has 2 amide bonds. The van der Waals surface area contributed by atoms with Gasteiger partial charge in [-0.05, 0) is 56.6 Å². The summed E-state index contributed by atoms with van der Waals surface area (Å²) in [5, 5.41) is 5.77. The minimum Gasteiger partial charge on any atom is -0.481 e. The number of carbonyl (C=O) groups excluding carboxylic acids is 2. The van der Waals surface area contributed by atoms with Crippen LogP contribution in [0.3, 0.4) is 0 Å². The normalized spacial score (nSPS) is 15.2. The van der Waals surface area contributed by atoms with E-state index in [0.717, 1.165) is 44.8 Å². The summed E-state index contributed by atoms with van der Waals surface area (Å²) < 4.78 is 11.1. The third-order valence-electron chi connectivity index (χ3n) is 5.14. The molecule has 1 atom stereocenters. The summed E-state index contributed by atoms with van der Waals surface area (Å²) >= 11 is 0. The largest absolute Gasteiger partial charge is 0.481 e. The summed E-state index contributed by atoms with van der Waals surface area (Å²) in [4.78, 5) is 27.6. The van der Waals surface area contributed by atoms with Crippen molar-refractivity contribution in [3.8, 4) is 5.75 Å². The van der Waals surface area contributed by atoms with Crippen molar-refractivity contribution in [3.63, 3.8) is 0 Å². The third-order valence-corrected chi connectivity index (χ3v) is 5.14. The second-order valence-corrected chi connectivity index (χ2v) is 7.67. The topological polar surface area (TPSA) is 79.9 Å². The number of hydrogen-bond donors (Lipinski definition) is 2. The van der Waals surface area contributed by atoms with Gasteiger partial charge in [-0.2, -0.15) is 0 Å². The van der Waals surface area contributed by atoms with Crippen LogP contribution in [-0.2, 0) is 9.53 Å². The number of aryl methyl sites for hydroxylation is 1. The molecule has 0 radical (unpaired) electrons. The fourth-order valence-corrected chi connectivity index (χ4v) is 3.40. The SMILES string of the molecule is Cc1cccc(O[C@@H](C)C(=O)Nc2ccccc2C(=O)NCCCN2CCOCC2)c1. The van der Waals surface area contributed by atoms with Crippen LogP contribution in [0.1, 0.15) is 29.3 Å². The Kier molecular flexibility index (Phi) is 8.44. The average Bonchev–Trinajstić information content (AvgIpc) is 2.77. The highest BCUT2D eigenvalue weighted by Crippen LogP contribution is 2.18. The number of ether oxygens (including phenoxy) is 2. The number of nitrogens with zero attached hydrogens (tertiary/aromatic N) is 1. The van der Waals surface area contributed by atoms with Gasteiger partial charge in [-0.3, -0.25) is 14.5 Å². The van der Waals surface area contributed by atoms with Crippen LogP contribution in [-0.4, -0.2) is 62.2 Å². The Morgan fingerprint density at radius 3 is 2.68 bits per heavy atom. The molecule has 1 saturated heterocycles. The van der Waals surface area contributed by atoms with Crippen molar-refractivity contribution in [2.45, 2.75) is 26.4 Å². The van der Waals surface area contributed by atoms with Gasteiger partial charge in [0.2, 0.25) is 0 Å². The van der Waals surface area contributed by atoms with Crippen LogP contribution < -0.4 is 15.4 Å². The number of benzene rings is 2. The highest BCUT2D eigenvalue weighted by molar-refractivity contribution is 6.04. The fourth-order valence-electron chi connectivity index (χ4n) is 3.40. The second-order valence-electron chi connectivity index (χ2n) is 7.67. The predicted octanol–water partition coefficient (Wildman–Crippen LogP) is 2.85. The van der Waals surface area contributed by atoms with E-state index in [-0.39, 0.29) is 11.8 Å². The van der Waals surface area contributed by atoms with E-state index >= 15 is 0 Å². The summed E-state index contributed by atoms with van der Waals surface area (Å²) in [6.07, 6.45) is 0.160. The van der Waals surface area contributed by atoms with Crippen molar-refractivity contribution in [2.24, 2.45) is 0 Å². The van der Waals surface area contributed by atoms with E-state index in [1.165, 1.54) is 0 Å². The number of rotatable bonds is 9. The van der Waals surface area contributed by atoms with Crippen molar-refractivity contribution in [1.82, 2.24) is 10.2 Å². The van der Waals surface area contributed by atoms with E-state index in [2.05, 4.69) is 15.5 Å². The highest BCUT2D eigenvalue weighted by Gasteiger charge is 2.18. The Hall–Kier alpha value is -2.90. The van der Waals surface area contributed by atoms with Gasteiger partial charge >= 0.3 is 0 Å². The first-order chi connectivity index (χ1) is 15.0. The van der Waals surface area contributed by atoms with Crippen molar-refractivity contribution in [3.05, 3.63) is 59.7 Å². The van der Waals surface area contributed by atoms with Crippen LogP contribution in [0.5, 0.6) is 5.75 Å². The Labute approximate surface area is 183 Å². The van der Waals surface area contributed by atoms with E-state index in [9.17, 15) is 9.59 Å². The first-order valence-electron chi connectivity index (χ1n) is 10.7. The fraction of sp³-hybridized carbons (Fsp3) is 0.417. The van der Waals surface area contributed by atoms with Gasteiger partial charge in [-0.15, -0.1) is 0 Å². The maximum atomic E-state index is 12.7. The Morgan fingerprint density at radius 1 is 1.13 bits per heavy atom. The average molecular weight is 426 g/mol. The van der Waals surface area contributed by atoms with Gasteiger partial charge in [-0.25, -0.2) is 0 Å². The number of hydrogen-bond acceptors (Lipinski definition) is 5. The monoisotopic (exact) mass is 425 g/mol. The Morgan fingerprint density at radius 2 is 1.90 bits per heavy atom. The highest BCUT2D eigenvalue weighted by atomic mass is 16.5. The first-order valence-corrected chi connectivity index (χ1v) is 10.7. The molecule has 0 unspecified atom stereocenters. The molecule has 1 heterocycles. The Balaban J connectivity index is 1.51. The second kappa shape index (κ2) is 11.5. The summed E-state index contributed by atoms with van der Waals surface area (Å²) in [5.74, 6) is 0.119. The quantitative estimate of drug-likeness (QED) is 0.604. The molecule has 1 fully saturated rings. The van der Waals surface area contributed by atoms with Gasteiger partial charge < -0.3 is 20.1 Å². The summed E-state index contributed by atoms with van der Waals surface area (Å²) in [6.45, 7) is 8.56. The zero-order chi connectivity index (χ0) is 22.1. The number of morpholine rings is 1. The summed E-state index contributed by atoms with van der Waals surface area (Å²) in [6, 6.07) is 14.5. The van der Waals surface area contributed by atoms with Crippen LogP contribution in [0.4, 0.5) is 5.69 Å². The van der Waals surface area contributed by atoms with Crippen LogP contribution >= 0.6 is 0 Å². The molecule has 0 aromatic heterocycles. The predicted molar refractivity (Wildman–Crippen MR) is 121 cm³/mol. The zero-order valence-corrected chi connectivity index (χ0v) is 18.2. The van der Waals surface area contributed by atoms with Gasteiger partial charge in [0.15, 0.2) is 6.10 Å². The standard InChI is InChI=1S/C24H31N3O4/c1-18-7-5-8-20(17-18)31-19(2)23(28)26-22-10-4-3-9-21(22)24(29)25-11-6-12-27-13-15-30-16-14-27/h3-5,7-10,17,19H,6,11-16H2,1-2H3,(H,25,29)(H,26,28)/t19-/m0/s1. The number of nitrogens with one attached hydrogen (secondary N) is 2. The zero-order valence-electron chi connectivity index (χ0n) is 18.2. The van der Waals surface area contributed by atoms with Gasteiger partial charge in [0, 0.05) is 19.6 Å².